The minimum Gasteiger partial charge on any atom is -0.494 e. The number of hydrogen-bond acceptors (Lipinski definition) is 4. The van der Waals surface area contributed by atoms with Crippen molar-refractivity contribution in [1.29, 1.82) is 5.26 Å². The van der Waals surface area contributed by atoms with Gasteiger partial charge < -0.3 is 10.1 Å². The van der Waals surface area contributed by atoms with Crippen LogP contribution in [0.5, 0.6) is 5.75 Å². The molecule has 25 heavy (non-hydrogen) atoms. The summed E-state index contributed by atoms with van der Waals surface area (Å²) in [4.78, 5) is 12.4. The van der Waals surface area contributed by atoms with Crippen molar-refractivity contribution in [3.05, 3.63) is 59.7 Å². The Morgan fingerprint density at radius 2 is 1.84 bits per heavy atom. The Hall–Kier alpha value is -2.84. The number of benzene rings is 2. The van der Waals surface area contributed by atoms with Gasteiger partial charge in [-0.05, 0) is 50.6 Å². The summed E-state index contributed by atoms with van der Waals surface area (Å²) < 4.78 is 5.44. The monoisotopic (exact) mass is 337 g/mol. The van der Waals surface area contributed by atoms with Gasteiger partial charge in [-0.15, -0.1) is 0 Å². The standard InChI is InChI=1S/C20H23N3O2/c1-4-25-18-11-9-16(10-12-18)14(2)22-15(3)20(24)23-19-8-6-5-7-17(19)13-21/h5-12,14-15,22H,4H2,1-3H3,(H,23,24). The van der Waals surface area contributed by atoms with E-state index in [0.29, 0.717) is 17.9 Å². The average Bonchev–Trinajstić information content (AvgIpc) is 2.63. The van der Waals surface area contributed by atoms with Crippen LogP contribution in [0.3, 0.4) is 0 Å². The van der Waals surface area contributed by atoms with Crippen LogP contribution in [-0.2, 0) is 4.79 Å². The summed E-state index contributed by atoms with van der Waals surface area (Å²) in [5, 5.41) is 15.2. The van der Waals surface area contributed by atoms with E-state index < -0.39 is 6.04 Å². The Morgan fingerprint density at radius 3 is 2.48 bits per heavy atom. The number of anilines is 1. The number of nitrogens with one attached hydrogen (secondary N) is 2. The highest BCUT2D eigenvalue weighted by Crippen LogP contribution is 2.19. The highest BCUT2D eigenvalue weighted by Gasteiger charge is 2.17. The van der Waals surface area contributed by atoms with Crippen molar-refractivity contribution in [2.75, 3.05) is 11.9 Å². The number of carbonyl (C=O) groups excluding carboxylic acids is 1. The molecule has 0 radical (unpaired) electrons. The van der Waals surface area contributed by atoms with Gasteiger partial charge in [-0.2, -0.15) is 5.26 Å². The first-order valence-electron chi connectivity index (χ1n) is 8.34. The lowest BCUT2D eigenvalue weighted by Gasteiger charge is -2.20. The van der Waals surface area contributed by atoms with Crippen LogP contribution in [0, 0.1) is 11.3 Å². The Bertz CT molecular complexity index is 750. The third kappa shape index (κ3) is 5.07. The zero-order chi connectivity index (χ0) is 18.2. The number of carbonyl (C=O) groups is 1. The van der Waals surface area contributed by atoms with Crippen molar-refractivity contribution in [2.45, 2.75) is 32.9 Å². The normalized spacial score (nSPS) is 12.7. The molecule has 2 aromatic carbocycles. The van der Waals surface area contributed by atoms with E-state index in [2.05, 4.69) is 16.7 Å². The van der Waals surface area contributed by atoms with Crippen molar-refractivity contribution >= 4 is 11.6 Å². The van der Waals surface area contributed by atoms with Crippen LogP contribution in [0.1, 0.15) is 37.9 Å². The fourth-order valence-corrected chi connectivity index (χ4v) is 2.50. The van der Waals surface area contributed by atoms with Gasteiger partial charge in [-0.25, -0.2) is 0 Å². The largest absolute Gasteiger partial charge is 0.494 e. The second-order valence-electron chi connectivity index (χ2n) is 5.76. The van der Waals surface area contributed by atoms with Gasteiger partial charge in [-0.3, -0.25) is 10.1 Å². The lowest BCUT2D eigenvalue weighted by atomic mass is 10.1. The van der Waals surface area contributed by atoms with Gasteiger partial charge in [0.05, 0.1) is 23.9 Å². The van der Waals surface area contributed by atoms with Gasteiger partial charge in [0, 0.05) is 6.04 Å². The predicted octanol–water partition coefficient (Wildman–Crippen LogP) is 3.63. The molecule has 0 aliphatic heterocycles. The fraction of sp³-hybridized carbons (Fsp3) is 0.300. The van der Waals surface area contributed by atoms with E-state index in [1.165, 1.54) is 0 Å². The maximum Gasteiger partial charge on any atom is 0.241 e. The second-order valence-corrected chi connectivity index (χ2v) is 5.76. The number of nitriles is 1. The van der Waals surface area contributed by atoms with Gasteiger partial charge in [0.15, 0.2) is 0 Å². The SMILES string of the molecule is CCOc1ccc(C(C)NC(C)C(=O)Nc2ccccc2C#N)cc1. The van der Waals surface area contributed by atoms with Crippen LogP contribution < -0.4 is 15.4 Å². The predicted molar refractivity (Wildman–Crippen MR) is 98.4 cm³/mol. The van der Waals surface area contributed by atoms with Crippen LogP contribution >= 0.6 is 0 Å². The van der Waals surface area contributed by atoms with Crippen molar-refractivity contribution in [3.8, 4) is 11.8 Å². The molecule has 2 aromatic rings. The highest BCUT2D eigenvalue weighted by atomic mass is 16.5. The zero-order valence-corrected chi connectivity index (χ0v) is 14.7. The molecule has 0 aliphatic carbocycles. The van der Waals surface area contributed by atoms with Crippen molar-refractivity contribution in [3.63, 3.8) is 0 Å². The van der Waals surface area contributed by atoms with E-state index >= 15 is 0 Å². The van der Waals surface area contributed by atoms with Crippen molar-refractivity contribution < 1.29 is 9.53 Å². The lowest BCUT2D eigenvalue weighted by molar-refractivity contribution is -0.117. The Kier molecular flexibility index (Phi) is 6.55. The van der Waals surface area contributed by atoms with Gasteiger partial charge in [0.25, 0.3) is 0 Å². The third-order valence-corrected chi connectivity index (χ3v) is 3.89. The average molecular weight is 337 g/mol. The Balaban J connectivity index is 1.97. The lowest BCUT2D eigenvalue weighted by Crippen LogP contribution is -2.39. The topological polar surface area (TPSA) is 74.2 Å². The summed E-state index contributed by atoms with van der Waals surface area (Å²) >= 11 is 0. The molecule has 0 saturated heterocycles. The number of amides is 1. The molecule has 0 aromatic heterocycles. The van der Waals surface area contributed by atoms with E-state index in [9.17, 15) is 4.79 Å². The molecule has 2 atom stereocenters. The molecule has 5 heteroatoms. The van der Waals surface area contributed by atoms with E-state index in [0.717, 1.165) is 11.3 Å². The number of ether oxygens (including phenoxy) is 1. The summed E-state index contributed by atoms with van der Waals surface area (Å²) in [6, 6.07) is 16.4. The van der Waals surface area contributed by atoms with Crippen LogP contribution in [0.15, 0.2) is 48.5 Å². The molecule has 0 heterocycles. The van der Waals surface area contributed by atoms with Crippen molar-refractivity contribution in [1.82, 2.24) is 5.32 Å². The van der Waals surface area contributed by atoms with Crippen LogP contribution in [0.25, 0.3) is 0 Å². The summed E-state index contributed by atoms with van der Waals surface area (Å²) in [6.45, 7) is 6.38. The van der Waals surface area contributed by atoms with Crippen LogP contribution in [-0.4, -0.2) is 18.6 Å². The van der Waals surface area contributed by atoms with E-state index in [1.54, 1.807) is 31.2 Å². The molecule has 0 aliphatic rings. The minimum atomic E-state index is -0.409. The van der Waals surface area contributed by atoms with Crippen LogP contribution in [0.2, 0.25) is 0 Å². The molecule has 1 amide bonds. The minimum absolute atomic E-state index is 0.00244. The second kappa shape index (κ2) is 8.86. The Morgan fingerprint density at radius 1 is 1.16 bits per heavy atom. The Labute approximate surface area is 148 Å². The molecular formula is C20H23N3O2. The smallest absolute Gasteiger partial charge is 0.241 e. The molecule has 2 rings (SSSR count). The molecule has 2 N–H and O–H groups in total. The first kappa shape index (κ1) is 18.5. The third-order valence-electron chi connectivity index (χ3n) is 3.89. The number of hydrogen-bond donors (Lipinski definition) is 2. The summed E-state index contributed by atoms with van der Waals surface area (Å²) in [5.41, 5.74) is 2.04. The maximum absolute atomic E-state index is 12.4. The van der Waals surface area contributed by atoms with Gasteiger partial charge in [0.1, 0.15) is 11.8 Å². The molecule has 0 spiro atoms. The quantitative estimate of drug-likeness (QED) is 0.809. The molecule has 2 unspecified atom stereocenters. The first-order chi connectivity index (χ1) is 12.0. The molecule has 0 saturated carbocycles. The number of rotatable bonds is 7. The number of para-hydroxylation sites is 1. The summed E-state index contributed by atoms with van der Waals surface area (Å²) in [7, 11) is 0. The molecule has 130 valence electrons. The summed E-state index contributed by atoms with van der Waals surface area (Å²) in [5.74, 6) is 0.651. The maximum atomic E-state index is 12.4. The van der Waals surface area contributed by atoms with E-state index in [-0.39, 0.29) is 11.9 Å². The van der Waals surface area contributed by atoms with E-state index in [4.69, 9.17) is 10.00 Å². The molecule has 0 fully saturated rings. The van der Waals surface area contributed by atoms with Crippen molar-refractivity contribution in [2.24, 2.45) is 0 Å². The zero-order valence-electron chi connectivity index (χ0n) is 14.7. The molecular weight excluding hydrogens is 314 g/mol. The molecule has 0 bridgehead atoms. The summed E-state index contributed by atoms with van der Waals surface area (Å²) in [6.07, 6.45) is 0. The molecule has 5 nitrogen and oxygen atoms in total. The highest BCUT2D eigenvalue weighted by molar-refractivity contribution is 5.95. The van der Waals surface area contributed by atoms with Gasteiger partial charge in [-0.1, -0.05) is 24.3 Å². The van der Waals surface area contributed by atoms with Gasteiger partial charge in [0.2, 0.25) is 5.91 Å². The number of nitrogens with zero attached hydrogens (tertiary/aromatic N) is 1. The van der Waals surface area contributed by atoms with Crippen LogP contribution in [0.4, 0.5) is 5.69 Å². The van der Waals surface area contributed by atoms with Gasteiger partial charge >= 0.3 is 0 Å². The fourth-order valence-electron chi connectivity index (χ4n) is 2.50. The van der Waals surface area contributed by atoms with E-state index in [1.807, 2.05) is 38.1 Å². The first-order valence-corrected chi connectivity index (χ1v) is 8.34.